The van der Waals surface area contributed by atoms with Crippen LogP contribution in [0.4, 0.5) is 5.82 Å². The Bertz CT molecular complexity index is 505. The first kappa shape index (κ1) is 10.1. The molecule has 0 aliphatic carbocycles. The van der Waals surface area contributed by atoms with Crippen molar-refractivity contribution in [2.45, 2.75) is 19.3 Å². The lowest BCUT2D eigenvalue weighted by atomic mass is 10.1. The second-order valence-corrected chi connectivity index (χ2v) is 5.17. The van der Waals surface area contributed by atoms with E-state index in [1.165, 1.54) is 30.6 Å². The van der Waals surface area contributed by atoms with Crippen LogP contribution in [0.2, 0.25) is 0 Å². The van der Waals surface area contributed by atoms with Crippen LogP contribution in [0.25, 0.3) is 10.2 Å². The van der Waals surface area contributed by atoms with Crippen LogP contribution in [0.3, 0.4) is 0 Å². The van der Waals surface area contributed by atoms with Crippen molar-refractivity contribution in [3.63, 3.8) is 0 Å². The first-order chi connectivity index (χ1) is 7.84. The van der Waals surface area contributed by atoms with Gasteiger partial charge in [0.2, 0.25) is 0 Å². The minimum Gasteiger partial charge on any atom is -0.356 e. The largest absolute Gasteiger partial charge is 0.356 e. The molecular formula is C11H12BN3S. The monoisotopic (exact) mass is 229 g/mol. The molecule has 0 aromatic carbocycles. The van der Waals surface area contributed by atoms with Crippen LogP contribution < -0.4 is 9.68 Å². The van der Waals surface area contributed by atoms with Crippen molar-refractivity contribution in [2.75, 3.05) is 18.0 Å². The van der Waals surface area contributed by atoms with Crippen molar-refractivity contribution >= 4 is 40.0 Å². The third-order valence-corrected chi connectivity index (χ3v) is 3.86. The van der Waals surface area contributed by atoms with E-state index in [2.05, 4.69) is 14.9 Å². The second kappa shape index (κ2) is 4.05. The zero-order chi connectivity index (χ0) is 11.0. The molecular weight excluding hydrogens is 217 g/mol. The van der Waals surface area contributed by atoms with Gasteiger partial charge in [0.05, 0.1) is 5.39 Å². The Kier molecular flexibility index (Phi) is 2.55. The number of hydrogen-bond donors (Lipinski definition) is 0. The summed E-state index contributed by atoms with van der Waals surface area (Å²) in [4.78, 5) is 12.0. The Labute approximate surface area is 99.9 Å². The molecule has 1 saturated heterocycles. The summed E-state index contributed by atoms with van der Waals surface area (Å²) in [5.41, 5.74) is 0. The first-order valence-corrected chi connectivity index (χ1v) is 6.41. The van der Waals surface area contributed by atoms with Crippen LogP contribution >= 0.6 is 11.3 Å². The number of piperidine rings is 1. The quantitative estimate of drug-likeness (QED) is 0.693. The second-order valence-electron chi connectivity index (χ2n) is 4.11. The zero-order valence-corrected chi connectivity index (χ0v) is 9.83. The Morgan fingerprint density at radius 3 is 2.81 bits per heavy atom. The van der Waals surface area contributed by atoms with Crippen LogP contribution in [0.5, 0.6) is 0 Å². The van der Waals surface area contributed by atoms with E-state index in [4.69, 9.17) is 7.85 Å². The molecule has 0 N–H and O–H groups in total. The van der Waals surface area contributed by atoms with E-state index in [0.29, 0.717) is 0 Å². The molecule has 80 valence electrons. The molecule has 2 radical (unpaired) electrons. The van der Waals surface area contributed by atoms with Crippen molar-refractivity contribution in [3.8, 4) is 0 Å². The van der Waals surface area contributed by atoms with Crippen LogP contribution in [-0.4, -0.2) is 30.9 Å². The van der Waals surface area contributed by atoms with Gasteiger partial charge in [-0.25, -0.2) is 9.97 Å². The molecule has 0 bridgehead atoms. The van der Waals surface area contributed by atoms with Crippen LogP contribution in [0, 0.1) is 0 Å². The molecule has 5 heteroatoms. The van der Waals surface area contributed by atoms with Gasteiger partial charge in [-0.05, 0) is 30.1 Å². The highest BCUT2D eigenvalue weighted by molar-refractivity contribution is 7.25. The maximum absolute atomic E-state index is 5.82. The van der Waals surface area contributed by atoms with Gasteiger partial charge in [0.1, 0.15) is 24.8 Å². The average molecular weight is 229 g/mol. The summed E-state index contributed by atoms with van der Waals surface area (Å²) < 4.78 is 0.814. The predicted octanol–water partition coefficient (Wildman–Crippen LogP) is 1.48. The Morgan fingerprint density at radius 1 is 1.19 bits per heavy atom. The Hall–Kier alpha value is -1.10. The standard InChI is InChI=1S/C11H12BN3S/c12-9-6-8-10(13-7-14-11(8)16-9)15-4-2-1-3-5-15/h6-7H,1-5H2. The summed E-state index contributed by atoms with van der Waals surface area (Å²) in [5, 5.41) is 1.10. The van der Waals surface area contributed by atoms with E-state index >= 15 is 0 Å². The first-order valence-electron chi connectivity index (χ1n) is 5.59. The van der Waals surface area contributed by atoms with Crippen molar-refractivity contribution in [3.05, 3.63) is 12.4 Å². The number of thiophene rings is 1. The number of anilines is 1. The highest BCUT2D eigenvalue weighted by Crippen LogP contribution is 2.27. The highest BCUT2D eigenvalue weighted by atomic mass is 32.1. The van der Waals surface area contributed by atoms with E-state index < -0.39 is 0 Å². The molecule has 3 rings (SSSR count). The summed E-state index contributed by atoms with van der Waals surface area (Å²) in [6.45, 7) is 2.20. The topological polar surface area (TPSA) is 29.0 Å². The molecule has 2 aromatic heterocycles. The smallest absolute Gasteiger partial charge is 0.140 e. The van der Waals surface area contributed by atoms with Gasteiger partial charge >= 0.3 is 0 Å². The van der Waals surface area contributed by atoms with Crippen molar-refractivity contribution in [2.24, 2.45) is 0 Å². The maximum atomic E-state index is 5.82. The Morgan fingerprint density at radius 2 is 2.00 bits per heavy atom. The molecule has 0 saturated carbocycles. The molecule has 1 fully saturated rings. The molecule has 0 amide bonds. The van der Waals surface area contributed by atoms with Crippen molar-refractivity contribution in [1.29, 1.82) is 0 Å². The molecule has 3 heterocycles. The van der Waals surface area contributed by atoms with Gasteiger partial charge in [0, 0.05) is 13.1 Å². The maximum Gasteiger partial charge on any atom is 0.140 e. The van der Waals surface area contributed by atoms with E-state index in [1.54, 1.807) is 6.33 Å². The molecule has 0 unspecified atom stereocenters. The van der Waals surface area contributed by atoms with Crippen LogP contribution in [0.1, 0.15) is 19.3 Å². The van der Waals surface area contributed by atoms with Gasteiger partial charge in [-0.1, -0.05) is 0 Å². The van der Waals surface area contributed by atoms with Gasteiger partial charge in [-0.3, -0.25) is 0 Å². The average Bonchev–Trinajstić information content (AvgIpc) is 2.70. The fraction of sp³-hybridized carbons (Fsp3) is 0.455. The van der Waals surface area contributed by atoms with Gasteiger partial charge < -0.3 is 4.90 Å². The molecule has 3 nitrogen and oxygen atoms in total. The molecule has 1 aliphatic rings. The van der Waals surface area contributed by atoms with E-state index in [-0.39, 0.29) is 0 Å². The molecule has 0 spiro atoms. The molecule has 2 aromatic rings. The number of hydrogen-bond acceptors (Lipinski definition) is 4. The lowest BCUT2D eigenvalue weighted by Gasteiger charge is -2.27. The predicted molar refractivity (Wildman–Crippen MR) is 68.9 cm³/mol. The zero-order valence-electron chi connectivity index (χ0n) is 9.02. The van der Waals surface area contributed by atoms with Crippen LogP contribution in [0.15, 0.2) is 12.4 Å². The highest BCUT2D eigenvalue weighted by Gasteiger charge is 2.15. The SMILES string of the molecule is [B]c1cc2c(N3CCCCC3)ncnc2s1. The minimum atomic E-state index is 0.814. The number of nitrogens with zero attached hydrogens (tertiary/aromatic N) is 3. The van der Waals surface area contributed by atoms with Crippen molar-refractivity contribution < 1.29 is 0 Å². The fourth-order valence-electron chi connectivity index (χ4n) is 2.22. The minimum absolute atomic E-state index is 0.814. The van der Waals surface area contributed by atoms with Crippen LogP contribution in [-0.2, 0) is 0 Å². The van der Waals surface area contributed by atoms with Crippen molar-refractivity contribution in [1.82, 2.24) is 9.97 Å². The fourth-order valence-corrected chi connectivity index (χ4v) is 2.98. The van der Waals surface area contributed by atoms with Gasteiger partial charge in [0.25, 0.3) is 0 Å². The summed E-state index contributed by atoms with van der Waals surface area (Å²) in [5.74, 6) is 1.05. The lowest BCUT2D eigenvalue weighted by molar-refractivity contribution is 0.574. The summed E-state index contributed by atoms with van der Waals surface area (Å²) in [6.07, 6.45) is 5.48. The number of fused-ring (bicyclic) bond motifs is 1. The van der Waals surface area contributed by atoms with E-state index in [9.17, 15) is 0 Å². The summed E-state index contributed by atoms with van der Waals surface area (Å²) in [7, 11) is 5.82. The lowest BCUT2D eigenvalue weighted by Crippen LogP contribution is -2.30. The Balaban J connectivity index is 2.07. The van der Waals surface area contributed by atoms with E-state index in [0.717, 1.165) is 33.9 Å². The summed E-state index contributed by atoms with van der Waals surface area (Å²) in [6, 6.07) is 1.99. The molecule has 1 aliphatic heterocycles. The molecule has 16 heavy (non-hydrogen) atoms. The third-order valence-electron chi connectivity index (χ3n) is 2.98. The van der Waals surface area contributed by atoms with Gasteiger partial charge in [-0.2, -0.15) is 0 Å². The van der Waals surface area contributed by atoms with E-state index in [1.807, 2.05) is 6.07 Å². The van der Waals surface area contributed by atoms with Gasteiger partial charge in [0.15, 0.2) is 0 Å². The number of aromatic nitrogens is 2. The molecule has 0 atom stereocenters. The summed E-state index contributed by atoms with van der Waals surface area (Å²) >= 11 is 1.53. The number of rotatable bonds is 1. The normalized spacial score (nSPS) is 16.9. The van der Waals surface area contributed by atoms with Gasteiger partial charge in [-0.15, -0.1) is 11.3 Å². The third kappa shape index (κ3) is 1.69.